The first-order valence-corrected chi connectivity index (χ1v) is 12.2. The minimum absolute atomic E-state index is 0.00126. The first kappa shape index (κ1) is 23.8. The molecule has 0 saturated heterocycles. The summed E-state index contributed by atoms with van der Waals surface area (Å²) in [6.45, 7) is 3.39. The molecule has 0 amide bonds. The van der Waals surface area contributed by atoms with Gasteiger partial charge in [0.15, 0.2) is 5.82 Å². The van der Waals surface area contributed by atoms with Crippen molar-refractivity contribution in [2.24, 2.45) is 5.14 Å². The monoisotopic (exact) mass is 488 g/mol. The fourth-order valence-electron chi connectivity index (χ4n) is 3.81. The summed E-state index contributed by atoms with van der Waals surface area (Å²) < 4.78 is 44.0. The highest BCUT2D eigenvalue weighted by Crippen LogP contribution is 2.44. The van der Waals surface area contributed by atoms with Gasteiger partial charge in [0.05, 0.1) is 18.2 Å². The van der Waals surface area contributed by atoms with Gasteiger partial charge in [-0.3, -0.25) is 9.48 Å². The number of carbonyl (C=O) groups is 1. The highest BCUT2D eigenvalue weighted by molar-refractivity contribution is 7.89. The number of carboxylic acids is 1. The van der Waals surface area contributed by atoms with Crippen molar-refractivity contribution in [3.8, 4) is 17.0 Å². The predicted molar refractivity (Wildman–Crippen MR) is 121 cm³/mol. The minimum atomic E-state index is -4.30. The molecule has 4 rings (SSSR count). The number of benzene rings is 1. The van der Waals surface area contributed by atoms with Crippen LogP contribution in [-0.2, 0) is 26.8 Å². The summed E-state index contributed by atoms with van der Waals surface area (Å²) in [4.78, 5) is 15.8. The fraction of sp³-hybridized carbons (Fsp3) is 0.348. The molecule has 0 atom stereocenters. The number of nitrogens with two attached hydrogens (primary N) is 1. The second-order valence-corrected chi connectivity index (χ2v) is 10.5. The van der Waals surface area contributed by atoms with Crippen LogP contribution in [0, 0.1) is 5.82 Å². The predicted octanol–water partition coefficient (Wildman–Crippen LogP) is 3.05. The number of rotatable bonds is 9. The van der Waals surface area contributed by atoms with Gasteiger partial charge in [0.25, 0.3) is 10.0 Å². The van der Waals surface area contributed by atoms with Crippen molar-refractivity contribution in [2.45, 2.75) is 49.6 Å². The second kappa shape index (κ2) is 8.80. The number of pyridine rings is 1. The first-order chi connectivity index (χ1) is 16.0. The Morgan fingerprint density at radius 3 is 2.68 bits per heavy atom. The molecule has 1 fully saturated rings. The maximum atomic E-state index is 14.0. The standard InChI is InChI=1S/C23H25FN4O5S/c1-23(2,28-12-19(24)22(27-28)34(25,31)32)13-33-20-10-15(8-9-26-20)17-5-3-4-16(14-6-7-14)18(17)11-21(29)30/h3-5,8-10,12,14H,6-7,11,13H2,1-2H3,(H,29,30)(H2,25,31,32). The van der Waals surface area contributed by atoms with E-state index in [0.717, 1.165) is 46.0 Å². The van der Waals surface area contributed by atoms with E-state index in [-0.39, 0.29) is 18.9 Å². The molecular weight excluding hydrogens is 463 g/mol. The average Bonchev–Trinajstić information content (AvgIpc) is 3.51. The van der Waals surface area contributed by atoms with Crippen molar-refractivity contribution < 1.29 is 27.4 Å². The van der Waals surface area contributed by atoms with E-state index in [2.05, 4.69) is 10.1 Å². The van der Waals surface area contributed by atoms with Crippen molar-refractivity contribution in [3.63, 3.8) is 0 Å². The molecule has 3 N–H and O–H groups in total. The number of hydrogen-bond acceptors (Lipinski definition) is 6. The zero-order valence-electron chi connectivity index (χ0n) is 18.7. The van der Waals surface area contributed by atoms with Gasteiger partial charge in [-0.25, -0.2) is 22.9 Å². The maximum absolute atomic E-state index is 14.0. The number of ether oxygens (including phenoxy) is 1. The summed E-state index contributed by atoms with van der Waals surface area (Å²) in [5.74, 6) is -1.27. The zero-order chi connectivity index (χ0) is 24.7. The molecular formula is C23H25FN4O5S. The number of aliphatic carboxylic acids is 1. The van der Waals surface area contributed by atoms with Crippen LogP contribution in [0.25, 0.3) is 11.1 Å². The minimum Gasteiger partial charge on any atom is -0.481 e. The van der Waals surface area contributed by atoms with Crippen LogP contribution in [0.3, 0.4) is 0 Å². The van der Waals surface area contributed by atoms with Gasteiger partial charge in [0.1, 0.15) is 6.61 Å². The third-order valence-corrected chi connectivity index (χ3v) is 6.52. The number of sulfonamides is 1. The van der Waals surface area contributed by atoms with Gasteiger partial charge < -0.3 is 9.84 Å². The van der Waals surface area contributed by atoms with Gasteiger partial charge in [0, 0.05) is 12.3 Å². The molecule has 0 aliphatic heterocycles. The van der Waals surface area contributed by atoms with Crippen molar-refractivity contribution in [3.05, 3.63) is 59.7 Å². The Labute approximate surface area is 196 Å². The molecule has 2 heterocycles. The Morgan fingerprint density at radius 2 is 2.06 bits per heavy atom. The molecule has 3 aromatic rings. The Hall–Kier alpha value is -3.31. The molecule has 0 bridgehead atoms. The highest BCUT2D eigenvalue weighted by atomic mass is 32.2. The van der Waals surface area contributed by atoms with Crippen LogP contribution < -0.4 is 9.88 Å². The summed E-state index contributed by atoms with van der Waals surface area (Å²) >= 11 is 0. The number of aromatic nitrogens is 3. The van der Waals surface area contributed by atoms with Crippen molar-refractivity contribution in [1.82, 2.24) is 14.8 Å². The smallest absolute Gasteiger partial charge is 0.307 e. The average molecular weight is 489 g/mol. The van der Waals surface area contributed by atoms with Gasteiger partial charge in [-0.2, -0.15) is 5.10 Å². The number of carboxylic acid groups (broad SMARTS) is 1. The normalized spacial score (nSPS) is 14.2. The topological polar surface area (TPSA) is 137 Å². The molecule has 11 heteroatoms. The largest absolute Gasteiger partial charge is 0.481 e. The van der Waals surface area contributed by atoms with Gasteiger partial charge in [-0.1, -0.05) is 18.2 Å². The fourth-order valence-corrected chi connectivity index (χ4v) is 4.34. The summed E-state index contributed by atoms with van der Waals surface area (Å²) in [5.41, 5.74) is 2.50. The van der Waals surface area contributed by atoms with Gasteiger partial charge in [-0.15, -0.1) is 0 Å². The molecule has 2 aromatic heterocycles. The first-order valence-electron chi connectivity index (χ1n) is 10.7. The Kier molecular flexibility index (Phi) is 6.17. The van der Waals surface area contributed by atoms with E-state index in [9.17, 15) is 22.7 Å². The Bertz CT molecular complexity index is 1350. The lowest BCUT2D eigenvalue weighted by Gasteiger charge is -2.25. The molecule has 0 spiro atoms. The second-order valence-electron chi connectivity index (χ2n) is 8.97. The molecule has 0 radical (unpaired) electrons. The maximum Gasteiger partial charge on any atom is 0.307 e. The Balaban J connectivity index is 1.59. The van der Waals surface area contributed by atoms with Crippen molar-refractivity contribution in [1.29, 1.82) is 0 Å². The lowest BCUT2D eigenvalue weighted by atomic mass is 9.91. The van der Waals surface area contributed by atoms with Crippen LogP contribution in [0.5, 0.6) is 5.88 Å². The van der Waals surface area contributed by atoms with Gasteiger partial charge in [-0.05, 0) is 60.9 Å². The van der Waals surface area contributed by atoms with Crippen molar-refractivity contribution >= 4 is 16.0 Å². The van der Waals surface area contributed by atoms with Crippen LogP contribution >= 0.6 is 0 Å². The third-order valence-electron chi connectivity index (χ3n) is 5.70. The van der Waals surface area contributed by atoms with E-state index in [4.69, 9.17) is 9.88 Å². The van der Waals surface area contributed by atoms with E-state index < -0.39 is 32.4 Å². The van der Waals surface area contributed by atoms with Gasteiger partial charge >= 0.3 is 5.97 Å². The molecule has 180 valence electrons. The SMILES string of the molecule is CC(C)(COc1cc(-c2cccc(C3CC3)c2CC(=O)O)ccn1)n1cc(F)c(S(N)(=O)=O)n1. The van der Waals surface area contributed by atoms with Crippen molar-refractivity contribution in [2.75, 3.05) is 6.61 Å². The summed E-state index contributed by atoms with van der Waals surface area (Å²) in [6, 6.07) is 9.30. The van der Waals surface area contributed by atoms with Crippen LogP contribution in [0.2, 0.25) is 0 Å². The molecule has 34 heavy (non-hydrogen) atoms. The molecule has 1 saturated carbocycles. The molecule has 0 unspecified atom stereocenters. The lowest BCUT2D eigenvalue weighted by molar-refractivity contribution is -0.136. The number of halogens is 1. The Morgan fingerprint density at radius 1 is 1.32 bits per heavy atom. The van der Waals surface area contributed by atoms with Crippen LogP contribution in [-0.4, -0.2) is 40.9 Å². The summed E-state index contributed by atoms with van der Waals surface area (Å²) in [5, 5.41) is 17.4. The third kappa shape index (κ3) is 5.10. The van der Waals surface area contributed by atoms with Crippen LogP contribution in [0.1, 0.15) is 43.7 Å². The molecule has 1 aliphatic carbocycles. The molecule has 9 nitrogen and oxygen atoms in total. The highest BCUT2D eigenvalue weighted by Gasteiger charge is 2.29. The van der Waals surface area contributed by atoms with E-state index in [0.29, 0.717) is 5.92 Å². The van der Waals surface area contributed by atoms with Crippen LogP contribution in [0.4, 0.5) is 4.39 Å². The van der Waals surface area contributed by atoms with E-state index in [1.54, 1.807) is 32.2 Å². The van der Waals surface area contributed by atoms with E-state index in [1.807, 2.05) is 18.2 Å². The summed E-state index contributed by atoms with van der Waals surface area (Å²) in [7, 11) is -4.30. The molecule has 1 aliphatic rings. The number of primary sulfonamides is 1. The lowest BCUT2D eigenvalue weighted by Crippen LogP contribution is -2.34. The zero-order valence-corrected chi connectivity index (χ0v) is 19.5. The van der Waals surface area contributed by atoms with Crippen LogP contribution in [0.15, 0.2) is 47.8 Å². The summed E-state index contributed by atoms with van der Waals surface area (Å²) in [6.07, 6.45) is 4.55. The van der Waals surface area contributed by atoms with E-state index in [1.165, 1.54) is 0 Å². The van der Waals surface area contributed by atoms with E-state index >= 15 is 0 Å². The molecule has 1 aromatic carbocycles. The quantitative estimate of drug-likeness (QED) is 0.472. The number of nitrogens with zero attached hydrogens (tertiary/aromatic N) is 3. The van der Waals surface area contributed by atoms with Gasteiger partial charge in [0.2, 0.25) is 10.9 Å². The number of hydrogen-bond donors (Lipinski definition) is 2.